The first-order valence-electron chi connectivity index (χ1n) is 16.0. The molecule has 0 spiro atoms. The van der Waals surface area contributed by atoms with Crippen LogP contribution in [0.4, 0.5) is 30.7 Å². The monoisotopic (exact) mass is 616 g/mol. The summed E-state index contributed by atoms with van der Waals surface area (Å²) in [5.41, 5.74) is -0.950. The Kier molecular flexibility index (Phi) is 10.5. The lowest BCUT2D eigenvalue weighted by atomic mass is 9.68. The zero-order chi connectivity index (χ0) is 31.4. The lowest BCUT2D eigenvalue weighted by Gasteiger charge is -2.38. The van der Waals surface area contributed by atoms with E-state index in [0.717, 1.165) is 55.2 Å². The molecule has 0 atom stereocenters. The summed E-state index contributed by atoms with van der Waals surface area (Å²) in [4.78, 5) is 0. The van der Waals surface area contributed by atoms with E-state index in [1.54, 1.807) is 6.07 Å². The number of hydrogen-bond donors (Lipinski definition) is 0. The highest BCUT2D eigenvalue weighted by molar-refractivity contribution is 5.84. The molecule has 2 saturated carbocycles. The van der Waals surface area contributed by atoms with Gasteiger partial charge < -0.3 is 0 Å². The van der Waals surface area contributed by atoms with Gasteiger partial charge in [-0.25, -0.2) is 30.7 Å². The quantitative estimate of drug-likeness (QED) is 0.0971. The Morgan fingerprint density at radius 2 is 1.27 bits per heavy atom. The summed E-state index contributed by atoms with van der Waals surface area (Å²) in [6, 6.07) is 8.00. The molecular formula is C37H39F7. The number of hydrogen-bond acceptors (Lipinski definition) is 0. The third kappa shape index (κ3) is 7.24. The lowest BCUT2D eigenvalue weighted by molar-refractivity contribution is 0.155. The van der Waals surface area contributed by atoms with Crippen LogP contribution >= 0.6 is 0 Å². The van der Waals surface area contributed by atoms with Gasteiger partial charge in [-0.15, -0.1) is 0 Å². The predicted molar refractivity (Wildman–Crippen MR) is 161 cm³/mol. The molecule has 0 saturated heterocycles. The first-order chi connectivity index (χ1) is 21.2. The Labute approximate surface area is 255 Å². The predicted octanol–water partition coefficient (Wildman–Crippen LogP) is 12.5. The van der Waals surface area contributed by atoms with Crippen LogP contribution in [0.25, 0.3) is 22.8 Å². The van der Waals surface area contributed by atoms with Crippen LogP contribution in [0.2, 0.25) is 0 Å². The van der Waals surface area contributed by atoms with Gasteiger partial charge in [0.25, 0.3) is 0 Å². The topological polar surface area (TPSA) is 0 Å². The first-order valence-corrected chi connectivity index (χ1v) is 16.0. The Balaban J connectivity index is 1.22. The van der Waals surface area contributed by atoms with Crippen molar-refractivity contribution in [3.63, 3.8) is 0 Å². The fraction of sp³-hybridized carbons (Fsp3) is 0.459. The standard InChI is InChI=1S/C37H39F7/c1-2-3-4-5-22-6-8-23(9-7-22)24-10-12-25(13-11-24)26-14-17-30(32(39)18-26)36(43)35(42)27-15-16-29(31(38)19-27)28-20-33(40)37(44)34(41)21-28/h14-25H,2-13H2,1H3. The van der Waals surface area contributed by atoms with Crippen molar-refractivity contribution in [1.82, 2.24) is 0 Å². The van der Waals surface area contributed by atoms with Crippen molar-refractivity contribution < 1.29 is 30.7 Å². The largest absolute Gasteiger partial charge is 0.206 e. The van der Waals surface area contributed by atoms with E-state index < -0.39 is 51.9 Å². The lowest BCUT2D eigenvalue weighted by Crippen LogP contribution is -2.25. The summed E-state index contributed by atoms with van der Waals surface area (Å²) in [6.45, 7) is 2.24. The maximum absolute atomic E-state index is 15.1. The zero-order valence-corrected chi connectivity index (χ0v) is 25.1. The zero-order valence-electron chi connectivity index (χ0n) is 25.1. The molecule has 2 aliphatic rings. The van der Waals surface area contributed by atoms with Gasteiger partial charge in [0.2, 0.25) is 0 Å². The summed E-state index contributed by atoms with van der Waals surface area (Å²) in [5.74, 6) is -7.15. The minimum absolute atomic E-state index is 0.167. The summed E-state index contributed by atoms with van der Waals surface area (Å²) in [6.07, 6.45) is 14.7. The fourth-order valence-corrected chi connectivity index (χ4v) is 7.36. The van der Waals surface area contributed by atoms with Gasteiger partial charge in [-0.2, -0.15) is 0 Å². The summed E-state index contributed by atoms with van der Waals surface area (Å²) in [7, 11) is 0. The van der Waals surface area contributed by atoms with Crippen molar-refractivity contribution in [3.8, 4) is 11.1 Å². The maximum atomic E-state index is 15.1. The summed E-state index contributed by atoms with van der Waals surface area (Å²) < 4.78 is 101. The number of unbranched alkanes of at least 4 members (excludes halogenated alkanes) is 2. The fourth-order valence-electron chi connectivity index (χ4n) is 7.36. The Morgan fingerprint density at radius 1 is 0.636 bits per heavy atom. The SMILES string of the molecule is CCCCCC1CCC(C2CCC(c3ccc(C(F)=C(F)c4ccc(-c5cc(F)c(F)c(F)c5)c(F)c4)c(F)c3)CC2)CC1. The van der Waals surface area contributed by atoms with Crippen molar-refractivity contribution in [2.45, 2.75) is 89.9 Å². The van der Waals surface area contributed by atoms with Crippen molar-refractivity contribution >= 4 is 11.7 Å². The van der Waals surface area contributed by atoms with Crippen LogP contribution in [0, 0.1) is 46.8 Å². The second-order valence-electron chi connectivity index (χ2n) is 12.7. The molecule has 0 nitrogen and oxygen atoms in total. The molecule has 44 heavy (non-hydrogen) atoms. The molecular weight excluding hydrogens is 577 g/mol. The van der Waals surface area contributed by atoms with Gasteiger partial charge in [-0.05, 0) is 104 Å². The molecule has 0 unspecified atom stereocenters. The van der Waals surface area contributed by atoms with Crippen LogP contribution in [-0.4, -0.2) is 0 Å². The van der Waals surface area contributed by atoms with Crippen molar-refractivity contribution in [2.75, 3.05) is 0 Å². The van der Waals surface area contributed by atoms with Crippen molar-refractivity contribution in [3.05, 3.63) is 94.3 Å². The molecule has 3 aromatic carbocycles. The average molecular weight is 617 g/mol. The molecule has 0 aliphatic heterocycles. The average Bonchev–Trinajstić information content (AvgIpc) is 3.03. The smallest absolute Gasteiger partial charge is 0.194 e. The highest BCUT2D eigenvalue weighted by atomic mass is 19.2. The number of halogens is 7. The second kappa shape index (κ2) is 14.3. The number of benzene rings is 3. The second-order valence-corrected chi connectivity index (χ2v) is 12.7. The molecule has 0 bridgehead atoms. The van der Waals surface area contributed by atoms with Crippen LogP contribution < -0.4 is 0 Å². The van der Waals surface area contributed by atoms with E-state index in [1.807, 2.05) is 0 Å². The van der Waals surface area contributed by atoms with Gasteiger partial charge in [0, 0.05) is 16.7 Å². The molecule has 0 N–H and O–H groups in total. The van der Waals surface area contributed by atoms with Gasteiger partial charge in [-0.3, -0.25) is 0 Å². The molecule has 7 heteroatoms. The molecule has 5 rings (SSSR count). The Hall–Kier alpha value is -3.09. The van der Waals surface area contributed by atoms with E-state index in [-0.39, 0.29) is 17.0 Å². The van der Waals surface area contributed by atoms with Gasteiger partial charge >= 0.3 is 0 Å². The van der Waals surface area contributed by atoms with Gasteiger partial charge in [0.05, 0.1) is 0 Å². The van der Waals surface area contributed by atoms with Gasteiger partial charge in [-0.1, -0.05) is 63.6 Å². The van der Waals surface area contributed by atoms with Crippen LogP contribution in [-0.2, 0) is 0 Å². The molecule has 0 amide bonds. The van der Waals surface area contributed by atoms with Crippen LogP contribution in [0.5, 0.6) is 0 Å². The summed E-state index contributed by atoms with van der Waals surface area (Å²) >= 11 is 0. The molecule has 236 valence electrons. The Bertz CT molecular complexity index is 1450. The minimum atomic E-state index is -1.70. The van der Waals surface area contributed by atoms with Crippen LogP contribution in [0.3, 0.4) is 0 Å². The molecule has 0 heterocycles. The van der Waals surface area contributed by atoms with E-state index in [2.05, 4.69) is 6.92 Å². The van der Waals surface area contributed by atoms with E-state index in [0.29, 0.717) is 24.1 Å². The maximum Gasteiger partial charge on any atom is 0.194 e. The number of rotatable bonds is 9. The van der Waals surface area contributed by atoms with E-state index in [9.17, 15) is 17.6 Å². The molecule has 0 aromatic heterocycles. The van der Waals surface area contributed by atoms with Gasteiger partial charge in [0.15, 0.2) is 29.1 Å². The minimum Gasteiger partial charge on any atom is -0.206 e. The molecule has 2 aliphatic carbocycles. The normalized spacial score (nSPS) is 23.0. The third-order valence-electron chi connectivity index (χ3n) is 9.96. The molecule has 0 radical (unpaired) electrons. The highest BCUT2D eigenvalue weighted by Crippen LogP contribution is 2.45. The van der Waals surface area contributed by atoms with E-state index >= 15 is 13.2 Å². The Morgan fingerprint density at radius 3 is 1.86 bits per heavy atom. The molecule has 3 aromatic rings. The first kappa shape index (κ1) is 32.3. The highest BCUT2D eigenvalue weighted by Gasteiger charge is 2.31. The summed E-state index contributed by atoms with van der Waals surface area (Å²) in [5, 5.41) is 0. The van der Waals surface area contributed by atoms with Crippen LogP contribution in [0.15, 0.2) is 48.5 Å². The van der Waals surface area contributed by atoms with E-state index in [4.69, 9.17) is 0 Å². The van der Waals surface area contributed by atoms with Gasteiger partial charge in [0.1, 0.15) is 11.6 Å². The van der Waals surface area contributed by atoms with Crippen molar-refractivity contribution in [2.24, 2.45) is 17.8 Å². The molecule has 2 fully saturated rings. The third-order valence-corrected chi connectivity index (χ3v) is 9.96. The van der Waals surface area contributed by atoms with Crippen LogP contribution in [0.1, 0.15) is 107 Å². The van der Waals surface area contributed by atoms with Crippen molar-refractivity contribution in [1.29, 1.82) is 0 Å². The van der Waals surface area contributed by atoms with E-state index in [1.165, 1.54) is 63.5 Å².